The first-order valence-electron chi connectivity index (χ1n) is 40.9. The van der Waals surface area contributed by atoms with E-state index in [1.54, 1.807) is 6.08 Å². The van der Waals surface area contributed by atoms with Gasteiger partial charge in [0.1, 0.15) is 91.4 Å². The van der Waals surface area contributed by atoms with E-state index >= 15 is 0 Å². The predicted molar refractivity (Wildman–Crippen MR) is 440 cm³/mol. The third kappa shape index (κ3) is 24.4. The number of carbonyl (C=O) groups is 3. The van der Waals surface area contributed by atoms with Crippen molar-refractivity contribution in [1.82, 2.24) is 10.6 Å². The Morgan fingerprint density at radius 1 is 0.342 bits per heavy atom. The van der Waals surface area contributed by atoms with Crippen LogP contribution in [0.1, 0.15) is 77.1 Å². The van der Waals surface area contributed by atoms with Crippen molar-refractivity contribution >= 4 is 17.8 Å². The van der Waals surface area contributed by atoms with E-state index in [1.165, 1.54) is 20.8 Å². The molecule has 14 rings (SSSR count). The fourth-order valence-corrected chi connectivity index (χ4v) is 15.5. The highest BCUT2D eigenvalue weighted by Crippen LogP contribution is 2.42. The number of hydrogen-bond donors (Lipinski definition) is 2. The number of benzene rings is 9. The maximum atomic E-state index is 14.1. The summed E-state index contributed by atoms with van der Waals surface area (Å²) in [6, 6.07) is 84.3. The predicted octanol–water partition coefficient (Wildman–Crippen LogP) is 12.9. The molecule has 5 saturated heterocycles. The van der Waals surface area contributed by atoms with E-state index in [0.717, 1.165) is 50.1 Å². The number of rotatable bonds is 40. The molecule has 632 valence electrons. The molecule has 5 fully saturated rings. The number of fused-ring (bicyclic) bond motifs is 1. The minimum Gasteiger partial charge on any atom is -0.457 e. The van der Waals surface area contributed by atoms with Crippen LogP contribution >= 0.6 is 0 Å². The Kier molecular flexibility index (Phi) is 32.4. The van der Waals surface area contributed by atoms with Gasteiger partial charge in [-0.05, 0) is 44.5 Å². The summed E-state index contributed by atoms with van der Waals surface area (Å²) in [5.41, 5.74) is 7.40. The number of nitrogens with one attached hydrogen (secondary N) is 2. The van der Waals surface area contributed by atoms with Crippen molar-refractivity contribution in [1.29, 1.82) is 0 Å². The number of hydrogen-bond acceptors (Lipinski definition) is 22. The molecular formula is C96H106N2O22. The summed E-state index contributed by atoms with van der Waals surface area (Å²) >= 11 is 0. The highest BCUT2D eigenvalue weighted by molar-refractivity contribution is 5.74. The third-order valence-electron chi connectivity index (χ3n) is 21.1. The molecule has 0 bridgehead atoms. The van der Waals surface area contributed by atoms with Crippen LogP contribution < -0.4 is 10.6 Å². The Labute approximate surface area is 700 Å². The molecule has 9 aromatic rings. The van der Waals surface area contributed by atoms with Crippen LogP contribution in [-0.2, 0) is 157 Å². The molecule has 21 atom stereocenters. The van der Waals surface area contributed by atoms with Crippen molar-refractivity contribution in [3.63, 3.8) is 0 Å². The van der Waals surface area contributed by atoms with Gasteiger partial charge < -0.3 is 101 Å². The lowest BCUT2D eigenvalue weighted by Gasteiger charge is -2.53. The average Bonchev–Trinajstić information content (AvgIpc) is 0.762. The summed E-state index contributed by atoms with van der Waals surface area (Å²) in [5, 5.41) is 6.27. The van der Waals surface area contributed by atoms with Crippen molar-refractivity contribution in [3.05, 3.63) is 336 Å². The van der Waals surface area contributed by atoms with Crippen molar-refractivity contribution in [2.24, 2.45) is 0 Å². The number of esters is 1. The monoisotopic (exact) mass is 1640 g/mol. The summed E-state index contributed by atoms with van der Waals surface area (Å²) in [7, 11) is 0. The molecule has 0 unspecified atom stereocenters. The molecule has 5 heterocycles. The topological polar surface area (TPSA) is 251 Å². The third-order valence-corrected chi connectivity index (χ3v) is 21.1. The van der Waals surface area contributed by atoms with Gasteiger partial charge in [-0.15, -0.1) is 6.58 Å². The van der Waals surface area contributed by atoms with E-state index in [0.29, 0.717) is 0 Å². The van der Waals surface area contributed by atoms with E-state index in [-0.39, 0.29) is 85.9 Å². The zero-order chi connectivity index (χ0) is 82.6. The molecule has 24 nitrogen and oxygen atoms in total. The Morgan fingerprint density at radius 2 is 0.667 bits per heavy atom. The smallest absolute Gasteiger partial charge is 0.303 e. The summed E-state index contributed by atoms with van der Waals surface area (Å²) < 4.78 is 136. The van der Waals surface area contributed by atoms with Crippen molar-refractivity contribution < 1.29 is 104 Å². The molecule has 0 aromatic heterocycles. The zero-order valence-electron chi connectivity index (χ0n) is 67.6. The highest BCUT2D eigenvalue weighted by Gasteiger charge is 2.60. The van der Waals surface area contributed by atoms with Gasteiger partial charge in [0.2, 0.25) is 11.8 Å². The number of ether oxygens (including phenoxy) is 19. The standard InChI is InChI=1S/C96H106N2O22/c1-5-51-105-95-91(110-59-74-47-29-13-30-48-74)89(120-94-81(98-65(3)100)87(112-66(4)101)82(106-55-70-39-21-9-22-40-70)76(113-94)60-102-52-67-33-15-6-16-34-67)85(78(115-95)62-104-54-69-37-19-8-20-38-69)119-96-90(109-58-73-45-27-12-28-46-73)88(108-57-72-43-25-11-26-44-72)84(77(116-96)61-103-53-68-35-17-7-18-36-68)118-93-80(97-64(2)99)86(107-56-71-41-23-10-24-42-71)83-79(114-93)63-111-92(117-83)75-49-31-14-32-50-75/h5-50,76-96H,1,51-63H2,2-4H3,(H,97,99)(H,98,100)/t76-,77-,78-,79-,80+,81-,82+,83-,84+,85+,86-,87-,88+,89+,90-,91-,92-,93+,94+,95+,96-/m1/s1. The van der Waals surface area contributed by atoms with E-state index < -0.39 is 147 Å². The van der Waals surface area contributed by atoms with Crippen molar-refractivity contribution in [2.75, 3.05) is 33.0 Å². The first-order valence-corrected chi connectivity index (χ1v) is 40.9. The Morgan fingerprint density at radius 3 is 1.08 bits per heavy atom. The second-order valence-electron chi connectivity index (χ2n) is 30.1. The van der Waals surface area contributed by atoms with E-state index in [9.17, 15) is 14.4 Å². The maximum Gasteiger partial charge on any atom is 0.303 e. The summed E-state index contributed by atoms with van der Waals surface area (Å²) in [6.45, 7) is 8.08. The van der Waals surface area contributed by atoms with Crippen LogP contribution in [0.25, 0.3) is 0 Å². The zero-order valence-corrected chi connectivity index (χ0v) is 67.6. The lowest BCUT2D eigenvalue weighted by atomic mass is 9.93. The van der Waals surface area contributed by atoms with E-state index in [4.69, 9.17) is 90.0 Å². The van der Waals surface area contributed by atoms with Crippen LogP contribution in [0.4, 0.5) is 0 Å². The Hall–Kier alpha value is -9.59. The summed E-state index contributed by atoms with van der Waals surface area (Å²) in [6.07, 6.45) is -21.4. The normalized spacial score (nSPS) is 27.9. The Balaban J connectivity index is 0.912. The first-order chi connectivity index (χ1) is 58.9. The maximum absolute atomic E-state index is 14.1. The summed E-state index contributed by atoms with van der Waals surface area (Å²) in [5.74, 6) is -1.61. The molecule has 120 heavy (non-hydrogen) atoms. The largest absolute Gasteiger partial charge is 0.457 e. The van der Waals surface area contributed by atoms with Crippen LogP contribution in [0, 0.1) is 0 Å². The van der Waals surface area contributed by atoms with Crippen LogP contribution in [0.2, 0.25) is 0 Å². The van der Waals surface area contributed by atoms with Gasteiger partial charge in [-0.25, -0.2) is 0 Å². The van der Waals surface area contributed by atoms with Crippen LogP contribution in [-0.4, -0.2) is 174 Å². The molecule has 0 spiro atoms. The molecule has 24 heteroatoms. The van der Waals surface area contributed by atoms with Crippen LogP contribution in [0.3, 0.4) is 0 Å². The van der Waals surface area contributed by atoms with Gasteiger partial charge in [0.25, 0.3) is 0 Å². The van der Waals surface area contributed by atoms with Gasteiger partial charge in [-0.3, -0.25) is 14.4 Å². The quantitative estimate of drug-likeness (QED) is 0.0267. The second-order valence-corrected chi connectivity index (χ2v) is 30.1. The minimum atomic E-state index is -1.57. The van der Waals surface area contributed by atoms with Crippen LogP contribution in [0.5, 0.6) is 0 Å². The minimum absolute atomic E-state index is 0.0110. The molecule has 0 aliphatic carbocycles. The molecule has 0 saturated carbocycles. The second kappa shape index (κ2) is 44.8. The summed E-state index contributed by atoms with van der Waals surface area (Å²) in [4.78, 5) is 42.1. The van der Waals surface area contributed by atoms with Gasteiger partial charge in [0, 0.05) is 26.3 Å². The van der Waals surface area contributed by atoms with Crippen molar-refractivity contribution in [2.45, 2.75) is 203 Å². The fraction of sp³-hybridized carbons (Fsp3) is 0.385. The average molecular weight is 1640 g/mol. The van der Waals surface area contributed by atoms with Crippen LogP contribution in [0.15, 0.2) is 286 Å². The van der Waals surface area contributed by atoms with Gasteiger partial charge in [-0.1, -0.05) is 279 Å². The van der Waals surface area contributed by atoms with Gasteiger partial charge in [-0.2, -0.15) is 0 Å². The SMILES string of the molecule is C=CCO[C@H]1O[C@H](COCc2ccccc2)[C@H](O[C@H]2O[C@H](COCc3ccccc3)[C@H](O[C@@H]3O[C@@H]4CO[C@@H](c5ccccc5)O[C@H]4[C@H](OCc4ccccc4)[C@@H]3NC(C)=O)[C@H](OCc3ccccc3)[C@H]2OCc2ccccc2)[C@H](O[C@@H]2O[C@H](COCc3ccccc3)[C@H](OCc3ccccc3)[C@H](OC(C)=O)[C@H]2NC(C)=O)[C@H]1OCc1ccccc1. The molecule has 2 N–H and O–H groups in total. The van der Waals surface area contributed by atoms with E-state index in [2.05, 4.69) is 17.2 Å². The van der Waals surface area contributed by atoms with Crippen molar-refractivity contribution in [3.8, 4) is 0 Å². The molecule has 5 aliphatic heterocycles. The lowest BCUT2D eigenvalue weighted by Crippen LogP contribution is -2.71. The molecule has 5 aliphatic rings. The Bertz CT molecular complexity index is 4510. The highest BCUT2D eigenvalue weighted by atomic mass is 16.8. The molecule has 0 radical (unpaired) electrons. The van der Waals surface area contributed by atoms with E-state index in [1.807, 2.05) is 273 Å². The first kappa shape index (κ1) is 86.8. The van der Waals surface area contributed by atoms with Gasteiger partial charge in [0.15, 0.2) is 37.6 Å². The number of amides is 2. The molecular weight excluding hydrogens is 1530 g/mol. The van der Waals surface area contributed by atoms with Gasteiger partial charge >= 0.3 is 5.97 Å². The fourth-order valence-electron chi connectivity index (χ4n) is 15.5. The molecule has 9 aromatic carbocycles. The van der Waals surface area contributed by atoms with Gasteiger partial charge in [0.05, 0.1) is 85.9 Å². The lowest BCUT2D eigenvalue weighted by molar-refractivity contribution is -0.402. The molecule has 2 amide bonds. The number of carbonyl (C=O) groups excluding carboxylic acids is 3.